The molecule has 0 spiro atoms. The first-order valence-corrected chi connectivity index (χ1v) is 11.9. The number of hydrogen-bond donors (Lipinski definition) is 0. The van der Waals surface area contributed by atoms with Gasteiger partial charge >= 0.3 is 0 Å². The fourth-order valence-corrected chi connectivity index (χ4v) is 6.69. The maximum absolute atomic E-state index is 13.0. The van der Waals surface area contributed by atoms with E-state index in [0.29, 0.717) is 13.1 Å². The molecular formula is C18H25N3O4S2. The minimum Gasteiger partial charge on any atom is -0.207 e. The summed E-state index contributed by atoms with van der Waals surface area (Å²) in [5, 5.41) is 4.08. The molecule has 1 aromatic heterocycles. The Hall–Kier alpha value is -1.71. The zero-order valence-electron chi connectivity index (χ0n) is 16.0. The molecule has 0 saturated carbocycles. The average molecular weight is 412 g/mol. The zero-order chi connectivity index (χ0) is 20.0. The second kappa shape index (κ2) is 7.03. The van der Waals surface area contributed by atoms with Gasteiger partial charge in [0.25, 0.3) is 10.0 Å². The van der Waals surface area contributed by atoms with E-state index in [9.17, 15) is 16.8 Å². The molecule has 0 aliphatic carbocycles. The topological polar surface area (TPSA) is 89.3 Å². The van der Waals surface area contributed by atoms with E-state index >= 15 is 0 Å². The van der Waals surface area contributed by atoms with Crippen molar-refractivity contribution in [1.82, 2.24) is 13.5 Å². The molecule has 2 heterocycles. The van der Waals surface area contributed by atoms with E-state index in [0.717, 1.165) is 22.5 Å². The molecule has 1 fully saturated rings. The highest BCUT2D eigenvalue weighted by Gasteiger charge is 2.35. The molecule has 0 N–H and O–H groups in total. The first kappa shape index (κ1) is 20.0. The van der Waals surface area contributed by atoms with E-state index in [1.165, 1.54) is 30.3 Å². The summed E-state index contributed by atoms with van der Waals surface area (Å²) >= 11 is 0. The summed E-state index contributed by atoms with van der Waals surface area (Å²) < 4.78 is 54.2. The zero-order valence-corrected chi connectivity index (χ0v) is 17.6. The summed E-state index contributed by atoms with van der Waals surface area (Å²) in [4.78, 5) is 0.0781. The highest BCUT2D eigenvalue weighted by molar-refractivity contribution is 7.90. The van der Waals surface area contributed by atoms with Crippen LogP contribution in [-0.2, 0) is 20.0 Å². The molecule has 3 rings (SSSR count). The van der Waals surface area contributed by atoms with Gasteiger partial charge in [-0.2, -0.15) is 21.9 Å². The van der Waals surface area contributed by atoms with Gasteiger partial charge in [-0.3, -0.25) is 0 Å². The van der Waals surface area contributed by atoms with Crippen molar-refractivity contribution < 1.29 is 16.8 Å². The predicted molar refractivity (Wildman–Crippen MR) is 103 cm³/mol. The van der Waals surface area contributed by atoms with Gasteiger partial charge in [0.15, 0.2) is 0 Å². The summed E-state index contributed by atoms with van der Waals surface area (Å²) in [6, 6.07) is 6.61. The monoisotopic (exact) mass is 411 g/mol. The van der Waals surface area contributed by atoms with E-state index in [-0.39, 0.29) is 27.1 Å². The first-order chi connectivity index (χ1) is 12.6. The molecule has 1 aliphatic heterocycles. The van der Waals surface area contributed by atoms with Gasteiger partial charge in [0.05, 0.1) is 16.3 Å². The van der Waals surface area contributed by atoms with E-state index in [1.54, 1.807) is 12.1 Å². The van der Waals surface area contributed by atoms with Crippen molar-refractivity contribution in [1.29, 1.82) is 0 Å². The van der Waals surface area contributed by atoms with Crippen LogP contribution in [0.4, 0.5) is 0 Å². The second-order valence-corrected chi connectivity index (χ2v) is 10.8. The molecule has 27 heavy (non-hydrogen) atoms. The fourth-order valence-electron chi connectivity index (χ4n) is 3.39. The van der Waals surface area contributed by atoms with Crippen LogP contribution in [0, 0.1) is 13.8 Å². The average Bonchev–Trinajstić information content (AvgIpc) is 3.24. The van der Waals surface area contributed by atoms with Gasteiger partial charge < -0.3 is 0 Å². The van der Waals surface area contributed by atoms with Gasteiger partial charge in [-0.25, -0.2) is 8.42 Å². The van der Waals surface area contributed by atoms with Crippen LogP contribution < -0.4 is 0 Å². The van der Waals surface area contributed by atoms with Crippen molar-refractivity contribution in [2.24, 2.45) is 0 Å². The minimum absolute atomic E-state index is 0.00762. The van der Waals surface area contributed by atoms with Gasteiger partial charge in [0, 0.05) is 13.1 Å². The van der Waals surface area contributed by atoms with Crippen LogP contribution in [0.5, 0.6) is 0 Å². The fraction of sp³-hybridized carbons (Fsp3) is 0.500. The molecule has 1 aromatic carbocycles. The third-order valence-corrected chi connectivity index (χ3v) is 8.75. The molecule has 9 heteroatoms. The van der Waals surface area contributed by atoms with Crippen LogP contribution in [0.15, 0.2) is 34.1 Å². The smallest absolute Gasteiger partial charge is 0.207 e. The Kier molecular flexibility index (Phi) is 5.22. The van der Waals surface area contributed by atoms with E-state index in [1.807, 2.05) is 13.8 Å². The number of aromatic nitrogens is 2. The Balaban J connectivity index is 2.07. The highest BCUT2D eigenvalue weighted by atomic mass is 32.2. The van der Waals surface area contributed by atoms with Crippen LogP contribution in [0.25, 0.3) is 0 Å². The quantitative estimate of drug-likeness (QED) is 0.754. The van der Waals surface area contributed by atoms with Crippen LogP contribution >= 0.6 is 0 Å². The molecular weight excluding hydrogens is 386 g/mol. The van der Waals surface area contributed by atoms with Gasteiger partial charge in [-0.15, -0.1) is 0 Å². The third-order valence-electron chi connectivity index (χ3n) is 4.92. The lowest BCUT2D eigenvalue weighted by molar-refractivity contribution is 0.476. The number of hydrogen-bond acceptors (Lipinski definition) is 5. The minimum atomic E-state index is -3.97. The van der Waals surface area contributed by atoms with Gasteiger partial charge in [0.2, 0.25) is 10.0 Å². The molecule has 1 saturated heterocycles. The SMILES string of the molecule is Cc1nn(S(=O)(=O)c2ccc(C(C)C)cc2)c(C)c1S(=O)(=O)N1CCCC1. The van der Waals surface area contributed by atoms with Crippen LogP contribution in [0.2, 0.25) is 0 Å². The lowest BCUT2D eigenvalue weighted by atomic mass is 10.0. The van der Waals surface area contributed by atoms with Gasteiger partial charge in [-0.1, -0.05) is 26.0 Å². The van der Waals surface area contributed by atoms with Crippen molar-refractivity contribution >= 4 is 20.0 Å². The van der Waals surface area contributed by atoms with Crippen LogP contribution in [-0.4, -0.2) is 43.4 Å². The molecule has 0 radical (unpaired) electrons. The Morgan fingerprint density at radius 1 is 0.926 bits per heavy atom. The maximum Gasteiger partial charge on any atom is 0.283 e. The molecule has 0 atom stereocenters. The highest BCUT2D eigenvalue weighted by Crippen LogP contribution is 2.28. The van der Waals surface area contributed by atoms with Crippen molar-refractivity contribution in [2.45, 2.75) is 56.2 Å². The molecule has 0 unspecified atom stereocenters. The summed E-state index contributed by atoms with van der Waals surface area (Å²) in [7, 11) is -7.73. The van der Waals surface area contributed by atoms with E-state index < -0.39 is 20.0 Å². The number of rotatable bonds is 5. The van der Waals surface area contributed by atoms with Crippen LogP contribution in [0.3, 0.4) is 0 Å². The molecule has 2 aromatic rings. The number of sulfonamides is 1. The molecule has 0 bridgehead atoms. The number of benzene rings is 1. The van der Waals surface area contributed by atoms with Crippen molar-refractivity contribution in [3.8, 4) is 0 Å². The van der Waals surface area contributed by atoms with Gasteiger partial charge in [0.1, 0.15) is 4.90 Å². The van der Waals surface area contributed by atoms with E-state index in [2.05, 4.69) is 5.10 Å². The van der Waals surface area contributed by atoms with E-state index in [4.69, 9.17) is 0 Å². The summed E-state index contributed by atoms with van der Waals surface area (Å²) in [5.41, 5.74) is 1.34. The largest absolute Gasteiger partial charge is 0.283 e. The standard InChI is InChI=1S/C18H25N3O4S2/c1-13(2)16-7-9-17(10-8-16)26(22,23)21-15(4)18(14(3)19-21)27(24,25)20-11-5-6-12-20/h7-10,13H,5-6,11-12H2,1-4H3. The molecule has 1 aliphatic rings. The Morgan fingerprint density at radius 2 is 1.48 bits per heavy atom. The molecule has 0 amide bonds. The van der Waals surface area contributed by atoms with Crippen molar-refractivity contribution in [3.05, 3.63) is 41.2 Å². The predicted octanol–water partition coefficient (Wildman–Crippen LogP) is 2.64. The lowest BCUT2D eigenvalue weighted by Gasteiger charge is -2.15. The first-order valence-electron chi connectivity index (χ1n) is 8.98. The van der Waals surface area contributed by atoms with Crippen molar-refractivity contribution in [3.63, 3.8) is 0 Å². The van der Waals surface area contributed by atoms with Crippen molar-refractivity contribution in [2.75, 3.05) is 13.1 Å². The Bertz CT molecular complexity index is 1050. The second-order valence-electron chi connectivity index (χ2n) is 7.18. The molecule has 148 valence electrons. The lowest BCUT2D eigenvalue weighted by Crippen LogP contribution is -2.29. The summed E-state index contributed by atoms with van der Waals surface area (Å²) in [6.45, 7) is 7.98. The summed E-state index contributed by atoms with van der Waals surface area (Å²) in [5.74, 6) is 0.285. The maximum atomic E-state index is 13.0. The number of nitrogens with zero attached hydrogens (tertiary/aromatic N) is 3. The molecule has 7 nitrogen and oxygen atoms in total. The Morgan fingerprint density at radius 3 is 2.00 bits per heavy atom. The Labute approximate surface area is 161 Å². The third kappa shape index (κ3) is 3.43. The normalized spacial score (nSPS) is 16.3. The van der Waals surface area contributed by atoms with Crippen LogP contribution in [0.1, 0.15) is 49.6 Å². The summed E-state index contributed by atoms with van der Waals surface area (Å²) in [6.07, 6.45) is 1.62. The van der Waals surface area contributed by atoms with Gasteiger partial charge in [-0.05, 0) is 50.3 Å². The number of aryl methyl sites for hydroxylation is 1.